The molecular formula is C22H23N3O2S. The third-order valence-corrected chi connectivity index (χ3v) is 6.26. The van der Waals surface area contributed by atoms with Crippen LogP contribution in [-0.2, 0) is 4.79 Å². The van der Waals surface area contributed by atoms with Gasteiger partial charge < -0.3 is 4.74 Å². The topological polar surface area (TPSA) is 57.0 Å². The van der Waals surface area contributed by atoms with Gasteiger partial charge in [-0.25, -0.2) is 0 Å². The summed E-state index contributed by atoms with van der Waals surface area (Å²) in [5.41, 5.74) is 3.10. The van der Waals surface area contributed by atoms with Crippen molar-refractivity contribution in [1.29, 1.82) is 0 Å². The molecule has 0 bridgehead atoms. The Hall–Kier alpha value is -2.60. The van der Waals surface area contributed by atoms with Crippen LogP contribution in [0.3, 0.4) is 0 Å². The van der Waals surface area contributed by atoms with E-state index in [0.717, 1.165) is 47.2 Å². The van der Waals surface area contributed by atoms with Crippen molar-refractivity contribution in [3.8, 4) is 22.8 Å². The van der Waals surface area contributed by atoms with E-state index in [2.05, 4.69) is 41.4 Å². The van der Waals surface area contributed by atoms with Crippen LogP contribution in [0.5, 0.6) is 5.75 Å². The first-order valence-corrected chi connectivity index (χ1v) is 10.4. The van der Waals surface area contributed by atoms with Gasteiger partial charge in [0.25, 0.3) is 0 Å². The van der Waals surface area contributed by atoms with Crippen LogP contribution in [0.4, 0.5) is 0 Å². The molecule has 1 unspecified atom stereocenters. The number of carbonyl (C=O) groups is 1. The van der Waals surface area contributed by atoms with Crippen molar-refractivity contribution in [2.75, 3.05) is 7.11 Å². The van der Waals surface area contributed by atoms with Crippen LogP contribution in [0.2, 0.25) is 0 Å². The summed E-state index contributed by atoms with van der Waals surface area (Å²) in [5.74, 6) is 1.83. The van der Waals surface area contributed by atoms with Crippen LogP contribution in [0.1, 0.15) is 31.2 Å². The zero-order chi connectivity index (χ0) is 19.5. The predicted molar refractivity (Wildman–Crippen MR) is 111 cm³/mol. The molecule has 1 saturated carbocycles. The van der Waals surface area contributed by atoms with Crippen molar-refractivity contribution < 1.29 is 9.53 Å². The fourth-order valence-electron chi connectivity index (χ4n) is 3.42. The Bertz CT molecular complexity index is 982. The summed E-state index contributed by atoms with van der Waals surface area (Å²) in [6.45, 7) is 2.06. The number of methoxy groups -OCH3 is 1. The lowest BCUT2D eigenvalue weighted by molar-refractivity contribution is -0.119. The lowest BCUT2D eigenvalue weighted by atomic mass is 9.99. The zero-order valence-corrected chi connectivity index (χ0v) is 16.9. The number of benzene rings is 2. The van der Waals surface area contributed by atoms with E-state index < -0.39 is 0 Å². The van der Waals surface area contributed by atoms with Crippen molar-refractivity contribution in [1.82, 2.24) is 14.8 Å². The normalized spacial score (nSPS) is 16.9. The molecule has 1 atom stereocenters. The van der Waals surface area contributed by atoms with Gasteiger partial charge in [0, 0.05) is 17.7 Å². The number of thioether (sulfide) groups is 1. The smallest absolute Gasteiger partial charge is 0.196 e. The molecule has 1 fully saturated rings. The molecule has 144 valence electrons. The van der Waals surface area contributed by atoms with E-state index >= 15 is 0 Å². The van der Waals surface area contributed by atoms with Crippen molar-refractivity contribution in [2.24, 2.45) is 0 Å². The number of carbonyl (C=O) groups excluding carboxylic acids is 1. The van der Waals surface area contributed by atoms with Gasteiger partial charge in [0.05, 0.1) is 12.4 Å². The number of aryl methyl sites for hydroxylation is 1. The molecule has 2 aromatic carbocycles. The van der Waals surface area contributed by atoms with Crippen LogP contribution < -0.4 is 4.74 Å². The second kappa shape index (κ2) is 8.19. The predicted octanol–water partition coefficient (Wildman–Crippen LogP) is 4.86. The van der Waals surface area contributed by atoms with Crippen LogP contribution >= 0.6 is 11.8 Å². The Kier molecular flexibility index (Phi) is 5.48. The zero-order valence-electron chi connectivity index (χ0n) is 16.1. The maximum Gasteiger partial charge on any atom is 0.196 e. The first kappa shape index (κ1) is 18.7. The summed E-state index contributed by atoms with van der Waals surface area (Å²) in [6.07, 6.45) is 3.65. The van der Waals surface area contributed by atoms with E-state index in [1.807, 2.05) is 28.8 Å². The summed E-state index contributed by atoms with van der Waals surface area (Å²) >= 11 is 1.53. The molecule has 0 saturated heterocycles. The minimum absolute atomic E-state index is 0.0414. The minimum Gasteiger partial charge on any atom is -0.497 e. The van der Waals surface area contributed by atoms with Crippen molar-refractivity contribution in [2.45, 2.75) is 43.0 Å². The highest BCUT2D eigenvalue weighted by atomic mass is 32.2. The first-order chi connectivity index (χ1) is 13.7. The standard InChI is InChI=1S/C22H23N3O2S/c1-15-10-12-17(13-11-15)25-21(16-6-5-7-18(14-16)27-2)23-24-22(25)28-20-9-4-3-8-19(20)26/h5-7,10-14,20H,3-4,8-9H2,1-2H3. The largest absolute Gasteiger partial charge is 0.497 e. The maximum atomic E-state index is 12.4. The van der Waals surface area contributed by atoms with E-state index in [-0.39, 0.29) is 5.25 Å². The molecule has 6 heteroatoms. The number of ketones is 1. The van der Waals surface area contributed by atoms with Crippen LogP contribution in [0.25, 0.3) is 17.1 Å². The molecule has 5 nitrogen and oxygen atoms in total. The number of rotatable bonds is 5. The summed E-state index contributed by atoms with van der Waals surface area (Å²) in [5, 5.41) is 9.65. The monoisotopic (exact) mass is 393 g/mol. The second-order valence-electron chi connectivity index (χ2n) is 7.03. The minimum atomic E-state index is -0.0414. The van der Waals surface area contributed by atoms with Crippen molar-refractivity contribution in [3.05, 3.63) is 54.1 Å². The fraction of sp³-hybridized carbons (Fsp3) is 0.318. The Labute approximate surface area is 169 Å². The molecule has 0 aliphatic heterocycles. The molecule has 0 radical (unpaired) electrons. The molecule has 3 aromatic rings. The third-order valence-electron chi connectivity index (χ3n) is 5.00. The van der Waals surface area contributed by atoms with Gasteiger partial charge in [-0.15, -0.1) is 10.2 Å². The van der Waals surface area contributed by atoms with Gasteiger partial charge in [-0.3, -0.25) is 9.36 Å². The Morgan fingerprint density at radius 1 is 1.11 bits per heavy atom. The van der Waals surface area contributed by atoms with Gasteiger partial charge in [0.15, 0.2) is 11.0 Å². The number of hydrogen-bond acceptors (Lipinski definition) is 5. The van der Waals surface area contributed by atoms with Crippen LogP contribution in [0, 0.1) is 6.92 Å². The van der Waals surface area contributed by atoms with Gasteiger partial charge in [0.1, 0.15) is 11.5 Å². The first-order valence-electron chi connectivity index (χ1n) is 9.52. The van der Waals surface area contributed by atoms with Gasteiger partial charge in [0.2, 0.25) is 0 Å². The van der Waals surface area contributed by atoms with E-state index in [4.69, 9.17) is 4.74 Å². The Balaban J connectivity index is 1.79. The lowest BCUT2D eigenvalue weighted by Gasteiger charge is -2.20. The molecule has 1 aromatic heterocycles. The number of Topliss-reactive ketones (excluding diaryl/α,β-unsaturated/α-hetero) is 1. The maximum absolute atomic E-state index is 12.4. The second-order valence-corrected chi connectivity index (χ2v) is 8.20. The van der Waals surface area contributed by atoms with Gasteiger partial charge >= 0.3 is 0 Å². The highest BCUT2D eigenvalue weighted by molar-refractivity contribution is 8.00. The fourth-order valence-corrected chi connectivity index (χ4v) is 4.60. The number of hydrogen-bond donors (Lipinski definition) is 0. The van der Waals surface area contributed by atoms with E-state index in [1.54, 1.807) is 7.11 Å². The molecule has 28 heavy (non-hydrogen) atoms. The summed E-state index contributed by atoms with van der Waals surface area (Å²) in [7, 11) is 1.65. The third kappa shape index (κ3) is 3.83. The average Bonchev–Trinajstić information content (AvgIpc) is 3.14. The molecular weight excluding hydrogens is 370 g/mol. The summed E-state index contributed by atoms with van der Waals surface area (Å²) in [4.78, 5) is 12.4. The van der Waals surface area contributed by atoms with E-state index in [1.165, 1.54) is 17.3 Å². The van der Waals surface area contributed by atoms with Crippen LogP contribution in [0.15, 0.2) is 53.7 Å². The summed E-state index contributed by atoms with van der Waals surface area (Å²) in [6, 6.07) is 16.1. The van der Waals surface area contributed by atoms with Gasteiger partial charge in [-0.05, 0) is 44.0 Å². The molecule has 0 amide bonds. The molecule has 0 spiro atoms. The number of ether oxygens (including phenoxy) is 1. The molecule has 1 aliphatic carbocycles. The molecule has 1 aliphatic rings. The highest BCUT2D eigenvalue weighted by Crippen LogP contribution is 2.35. The average molecular weight is 394 g/mol. The van der Waals surface area contributed by atoms with Gasteiger partial charge in [-0.1, -0.05) is 48.0 Å². The Morgan fingerprint density at radius 2 is 1.93 bits per heavy atom. The SMILES string of the molecule is COc1cccc(-c2nnc(SC3CCCCC3=O)n2-c2ccc(C)cc2)c1. The van der Waals surface area contributed by atoms with E-state index in [9.17, 15) is 4.79 Å². The van der Waals surface area contributed by atoms with Crippen molar-refractivity contribution >= 4 is 17.5 Å². The molecule has 0 N–H and O–H groups in total. The highest BCUT2D eigenvalue weighted by Gasteiger charge is 2.27. The van der Waals surface area contributed by atoms with Crippen LogP contribution in [-0.4, -0.2) is 32.9 Å². The number of aromatic nitrogens is 3. The summed E-state index contributed by atoms with van der Waals surface area (Å²) < 4.78 is 7.42. The molecule has 1 heterocycles. The number of nitrogens with zero attached hydrogens (tertiary/aromatic N) is 3. The lowest BCUT2D eigenvalue weighted by Crippen LogP contribution is -2.21. The van der Waals surface area contributed by atoms with Crippen molar-refractivity contribution in [3.63, 3.8) is 0 Å². The van der Waals surface area contributed by atoms with Gasteiger partial charge in [-0.2, -0.15) is 0 Å². The quantitative estimate of drug-likeness (QED) is 0.620. The van der Waals surface area contributed by atoms with E-state index in [0.29, 0.717) is 12.2 Å². The molecule has 4 rings (SSSR count). The Morgan fingerprint density at radius 3 is 2.68 bits per heavy atom.